The van der Waals surface area contributed by atoms with E-state index in [1.54, 1.807) is 74.5 Å². The predicted octanol–water partition coefficient (Wildman–Crippen LogP) is 5.95. The Morgan fingerprint density at radius 3 is 2.46 bits per heavy atom. The van der Waals surface area contributed by atoms with Crippen LogP contribution in [0.15, 0.2) is 65.9 Å². The molecule has 0 spiro atoms. The molecule has 0 saturated carbocycles. The van der Waals surface area contributed by atoms with Crippen molar-refractivity contribution in [1.29, 1.82) is 0 Å². The van der Waals surface area contributed by atoms with Crippen LogP contribution in [-0.4, -0.2) is 52.9 Å². The van der Waals surface area contributed by atoms with E-state index in [1.807, 2.05) is 6.07 Å². The average molecular weight is 662 g/mol. The van der Waals surface area contributed by atoms with Gasteiger partial charge < -0.3 is 28.1 Å². The van der Waals surface area contributed by atoms with E-state index in [1.165, 1.54) is 31.4 Å². The summed E-state index contributed by atoms with van der Waals surface area (Å²) in [4.78, 5) is 42.4. The maximum absolute atomic E-state index is 14.4. The summed E-state index contributed by atoms with van der Waals surface area (Å²) in [5, 5.41) is 0. The summed E-state index contributed by atoms with van der Waals surface area (Å²) >= 11 is 0. The zero-order valence-corrected chi connectivity index (χ0v) is 27.6. The van der Waals surface area contributed by atoms with Crippen molar-refractivity contribution in [3.63, 3.8) is 0 Å². The smallest absolute Gasteiger partial charge is 0.437 e. The second-order valence-corrected chi connectivity index (χ2v) is 12.6. The van der Waals surface area contributed by atoms with Crippen molar-refractivity contribution in [2.45, 2.75) is 46.3 Å². The molecule has 48 heavy (non-hydrogen) atoms. The van der Waals surface area contributed by atoms with Crippen LogP contribution in [0, 0.1) is 24.5 Å². The number of carbonyl (C=O) groups is 3. The Kier molecular flexibility index (Phi) is 9.83. The van der Waals surface area contributed by atoms with E-state index in [9.17, 15) is 23.2 Å². The number of hydrogen-bond donors (Lipinski definition) is 0. The molecule has 1 atom stereocenters. The monoisotopic (exact) mass is 661 g/mol. The zero-order valence-electron chi connectivity index (χ0n) is 27.6. The number of rotatable bonds is 8. The molecule has 1 aromatic heterocycles. The number of benzene rings is 3. The SMILES string of the molecule is COC(=O)COc1cc(C[C@H]2COc3c(cc(Cn4ccn(C)c4=NC(=O)OC(C)(C)C)cc3-c3ccc(F)cc3C)C2=O)ccc1F. The summed E-state index contributed by atoms with van der Waals surface area (Å²) in [6.45, 7) is 6.88. The number of ether oxygens (including phenoxy) is 4. The molecule has 1 amide bonds. The van der Waals surface area contributed by atoms with E-state index in [2.05, 4.69) is 9.73 Å². The van der Waals surface area contributed by atoms with E-state index in [0.717, 1.165) is 0 Å². The van der Waals surface area contributed by atoms with Crippen molar-refractivity contribution in [3.8, 4) is 22.6 Å². The molecular formula is C36H37F2N3O7. The van der Waals surface area contributed by atoms with Crippen LogP contribution in [0.2, 0.25) is 0 Å². The first-order valence-corrected chi connectivity index (χ1v) is 15.3. The van der Waals surface area contributed by atoms with Gasteiger partial charge in [-0.1, -0.05) is 12.1 Å². The van der Waals surface area contributed by atoms with Gasteiger partial charge in [-0.05, 0) is 92.8 Å². The van der Waals surface area contributed by atoms with Crippen LogP contribution in [-0.2, 0) is 34.3 Å². The van der Waals surface area contributed by atoms with E-state index in [4.69, 9.17) is 14.2 Å². The summed E-state index contributed by atoms with van der Waals surface area (Å²) in [6.07, 6.45) is 3.00. The molecule has 0 bridgehead atoms. The van der Waals surface area contributed by atoms with Crippen molar-refractivity contribution in [1.82, 2.24) is 9.13 Å². The first-order chi connectivity index (χ1) is 22.7. The number of aromatic nitrogens is 2. The third-order valence-electron chi connectivity index (χ3n) is 7.72. The quantitative estimate of drug-likeness (QED) is 0.215. The van der Waals surface area contributed by atoms with Gasteiger partial charge in [0.25, 0.3) is 0 Å². The van der Waals surface area contributed by atoms with Gasteiger partial charge in [0.1, 0.15) is 17.2 Å². The highest BCUT2D eigenvalue weighted by Crippen LogP contribution is 2.41. The summed E-state index contributed by atoms with van der Waals surface area (Å²) in [7, 11) is 2.96. The second kappa shape index (κ2) is 13.8. The molecule has 252 valence electrons. The highest BCUT2D eigenvalue weighted by atomic mass is 19.1. The lowest BCUT2D eigenvalue weighted by atomic mass is 9.86. The van der Waals surface area contributed by atoms with Gasteiger partial charge in [0, 0.05) is 25.0 Å². The van der Waals surface area contributed by atoms with Crippen LogP contribution in [0.5, 0.6) is 11.5 Å². The van der Waals surface area contributed by atoms with Gasteiger partial charge in [0.15, 0.2) is 24.0 Å². The van der Waals surface area contributed by atoms with Crippen molar-refractivity contribution in [2.24, 2.45) is 18.0 Å². The summed E-state index contributed by atoms with van der Waals surface area (Å²) in [5.74, 6) is -2.25. The van der Waals surface area contributed by atoms with Crippen molar-refractivity contribution >= 4 is 17.8 Å². The topological polar surface area (TPSA) is 110 Å². The van der Waals surface area contributed by atoms with E-state index >= 15 is 0 Å². The Morgan fingerprint density at radius 1 is 1.00 bits per heavy atom. The Morgan fingerprint density at radius 2 is 1.75 bits per heavy atom. The third-order valence-corrected chi connectivity index (χ3v) is 7.72. The molecule has 2 heterocycles. The van der Waals surface area contributed by atoms with Crippen LogP contribution < -0.4 is 15.1 Å². The Bertz CT molecular complexity index is 1960. The summed E-state index contributed by atoms with van der Waals surface area (Å²) in [5.41, 5.74) is 3.25. The number of halogens is 2. The number of imidazole rings is 1. The fraction of sp³-hybridized carbons (Fsp3) is 0.333. The lowest BCUT2D eigenvalue weighted by Gasteiger charge is -2.27. The highest BCUT2D eigenvalue weighted by Gasteiger charge is 2.32. The van der Waals surface area contributed by atoms with Crippen LogP contribution in [0.1, 0.15) is 47.8 Å². The minimum absolute atomic E-state index is 0.0561. The fourth-order valence-electron chi connectivity index (χ4n) is 5.49. The first kappa shape index (κ1) is 34.1. The molecular weight excluding hydrogens is 624 g/mol. The van der Waals surface area contributed by atoms with Crippen molar-refractivity contribution in [2.75, 3.05) is 20.3 Å². The number of hydrogen-bond acceptors (Lipinski definition) is 7. The number of nitrogens with zero attached hydrogens (tertiary/aromatic N) is 3. The number of carbonyl (C=O) groups excluding carboxylic acids is 3. The van der Waals surface area contributed by atoms with Crippen molar-refractivity contribution in [3.05, 3.63) is 100 Å². The minimum atomic E-state index is -0.739. The van der Waals surface area contributed by atoms with Crippen molar-refractivity contribution < 1.29 is 42.1 Å². The van der Waals surface area contributed by atoms with Gasteiger partial charge in [0.05, 0.1) is 31.7 Å². The third kappa shape index (κ3) is 7.81. The van der Waals surface area contributed by atoms with Gasteiger partial charge in [-0.2, -0.15) is 0 Å². The number of Topliss-reactive ketones (excluding diaryl/α,β-unsaturated/α-hetero) is 1. The maximum Gasteiger partial charge on any atom is 0.437 e. The van der Waals surface area contributed by atoms with Gasteiger partial charge in [-0.3, -0.25) is 4.79 Å². The molecule has 5 rings (SSSR count). The van der Waals surface area contributed by atoms with E-state index in [-0.39, 0.29) is 36.9 Å². The molecule has 1 aliphatic rings. The van der Waals surface area contributed by atoms with E-state index in [0.29, 0.717) is 44.7 Å². The molecule has 0 unspecified atom stereocenters. The van der Waals surface area contributed by atoms with E-state index < -0.39 is 36.0 Å². The molecule has 4 aromatic rings. The minimum Gasteiger partial charge on any atom is -0.491 e. The normalized spacial score (nSPS) is 14.7. The number of aryl methyl sites for hydroxylation is 2. The molecule has 0 saturated heterocycles. The van der Waals surface area contributed by atoms with Gasteiger partial charge in [0.2, 0.25) is 5.62 Å². The molecule has 1 aliphatic heterocycles. The van der Waals surface area contributed by atoms with Crippen LogP contribution in [0.3, 0.4) is 0 Å². The summed E-state index contributed by atoms with van der Waals surface area (Å²) in [6, 6.07) is 12.3. The zero-order chi connectivity index (χ0) is 34.7. The predicted molar refractivity (Wildman–Crippen MR) is 172 cm³/mol. The molecule has 0 fully saturated rings. The fourth-order valence-corrected chi connectivity index (χ4v) is 5.49. The molecule has 0 N–H and O–H groups in total. The number of ketones is 1. The maximum atomic E-state index is 14.4. The van der Waals surface area contributed by atoms with Crippen LogP contribution >= 0.6 is 0 Å². The molecule has 3 aromatic carbocycles. The standard InChI is InChI=1S/C36H37F2N3O7/c1-21-13-25(37)8-9-26(21)27-15-23(18-41-12-11-40(5)34(41)39-35(44)48-36(2,3)4)16-28-32(43)24(19-47-33(27)28)14-22-7-10-29(38)30(17-22)46-20-31(42)45-6/h7-13,15-17,24H,14,18-20H2,1-6H3/t24-/m0/s1. The molecule has 0 aliphatic carbocycles. The average Bonchev–Trinajstić information content (AvgIpc) is 3.35. The number of methoxy groups -OCH3 is 1. The molecule has 12 heteroatoms. The Hall–Kier alpha value is -5.26. The number of fused-ring (bicyclic) bond motifs is 1. The number of esters is 1. The number of amides is 1. The summed E-state index contributed by atoms with van der Waals surface area (Å²) < 4.78 is 53.4. The lowest BCUT2D eigenvalue weighted by molar-refractivity contribution is -0.142. The van der Waals surface area contributed by atoms with Gasteiger partial charge >= 0.3 is 12.1 Å². The van der Waals surface area contributed by atoms with Crippen LogP contribution in [0.4, 0.5) is 13.6 Å². The Balaban J connectivity index is 1.52. The lowest BCUT2D eigenvalue weighted by Crippen LogP contribution is -2.31. The Labute approximate surface area is 276 Å². The molecule has 0 radical (unpaired) electrons. The largest absolute Gasteiger partial charge is 0.491 e. The van der Waals surface area contributed by atoms with Crippen LogP contribution in [0.25, 0.3) is 11.1 Å². The highest BCUT2D eigenvalue weighted by molar-refractivity contribution is 6.04. The molecule has 10 nitrogen and oxygen atoms in total. The second-order valence-electron chi connectivity index (χ2n) is 12.6. The van der Waals surface area contributed by atoms with Gasteiger partial charge in [-0.15, -0.1) is 4.99 Å². The first-order valence-electron chi connectivity index (χ1n) is 15.3. The van der Waals surface area contributed by atoms with Gasteiger partial charge in [-0.25, -0.2) is 18.4 Å².